The summed E-state index contributed by atoms with van der Waals surface area (Å²) in [7, 11) is 0. The van der Waals surface area contributed by atoms with Gasteiger partial charge in [-0.25, -0.2) is 0 Å². The van der Waals surface area contributed by atoms with Crippen molar-refractivity contribution in [1.82, 2.24) is 0 Å². The van der Waals surface area contributed by atoms with E-state index in [0.29, 0.717) is 39.6 Å². The highest BCUT2D eigenvalue weighted by Crippen LogP contribution is 2.27. The second-order valence-corrected chi connectivity index (χ2v) is 6.93. The first-order valence-corrected chi connectivity index (χ1v) is 10.8. The predicted molar refractivity (Wildman–Crippen MR) is 115 cm³/mol. The zero-order valence-corrected chi connectivity index (χ0v) is 17.6. The van der Waals surface area contributed by atoms with E-state index in [1.54, 1.807) is 0 Å². The molecule has 2 aromatic rings. The largest absolute Gasteiger partial charge is 0.490 e. The van der Waals surface area contributed by atoms with Gasteiger partial charge in [0.2, 0.25) is 0 Å². The summed E-state index contributed by atoms with van der Waals surface area (Å²) in [6.45, 7) is 4.64. The molecular weight excluding hydrogens is 384 g/mol. The number of rotatable bonds is 0. The average molecular weight is 417 g/mol. The van der Waals surface area contributed by atoms with Crippen LogP contribution in [0.2, 0.25) is 0 Å². The normalized spacial score (nSPS) is 17.9. The third-order valence-corrected chi connectivity index (χ3v) is 4.55. The average Bonchev–Trinajstić information content (AvgIpc) is 2.78. The third-order valence-electron chi connectivity index (χ3n) is 4.55. The SMILES string of the molecule is c1ccc2c(c1)OCCCCOCCCCOc1ccccc1OCCOCCO2. The molecule has 0 saturated heterocycles. The van der Waals surface area contributed by atoms with Crippen molar-refractivity contribution < 1.29 is 28.4 Å². The van der Waals surface area contributed by atoms with Gasteiger partial charge in [0.05, 0.1) is 26.4 Å². The number of fused-ring (bicyclic) bond motifs is 2. The first kappa shape index (κ1) is 22.2. The summed E-state index contributed by atoms with van der Waals surface area (Å²) in [5, 5.41) is 0. The lowest BCUT2D eigenvalue weighted by Gasteiger charge is -2.14. The summed E-state index contributed by atoms with van der Waals surface area (Å²) in [6, 6.07) is 15.5. The molecule has 2 aromatic carbocycles. The van der Waals surface area contributed by atoms with Gasteiger partial charge in [0.15, 0.2) is 23.0 Å². The maximum Gasteiger partial charge on any atom is 0.161 e. The molecule has 0 atom stereocenters. The maximum absolute atomic E-state index is 5.88. The van der Waals surface area contributed by atoms with E-state index in [2.05, 4.69) is 0 Å². The van der Waals surface area contributed by atoms with Crippen molar-refractivity contribution in [2.24, 2.45) is 0 Å². The molecule has 30 heavy (non-hydrogen) atoms. The third kappa shape index (κ3) is 8.13. The Bertz CT molecular complexity index is 661. The van der Waals surface area contributed by atoms with Gasteiger partial charge in [-0.2, -0.15) is 0 Å². The minimum Gasteiger partial charge on any atom is -0.490 e. The first-order valence-electron chi connectivity index (χ1n) is 10.8. The van der Waals surface area contributed by atoms with Crippen LogP contribution in [0.5, 0.6) is 23.0 Å². The van der Waals surface area contributed by atoms with Crippen LogP contribution < -0.4 is 18.9 Å². The lowest BCUT2D eigenvalue weighted by molar-refractivity contribution is 0.0742. The highest BCUT2D eigenvalue weighted by molar-refractivity contribution is 5.40. The van der Waals surface area contributed by atoms with Crippen molar-refractivity contribution in [3.8, 4) is 23.0 Å². The fourth-order valence-corrected chi connectivity index (χ4v) is 2.98. The second-order valence-electron chi connectivity index (χ2n) is 6.93. The molecule has 0 radical (unpaired) electrons. The maximum atomic E-state index is 5.88. The molecule has 0 aliphatic carbocycles. The van der Waals surface area contributed by atoms with Crippen molar-refractivity contribution in [2.45, 2.75) is 25.7 Å². The molecule has 0 spiro atoms. The van der Waals surface area contributed by atoms with Crippen LogP contribution in [-0.2, 0) is 9.47 Å². The number of ether oxygens (including phenoxy) is 6. The molecule has 3 rings (SSSR count). The molecule has 0 saturated carbocycles. The van der Waals surface area contributed by atoms with Crippen LogP contribution in [0.1, 0.15) is 25.7 Å². The van der Waals surface area contributed by atoms with Crippen molar-refractivity contribution in [3.05, 3.63) is 48.5 Å². The van der Waals surface area contributed by atoms with Gasteiger partial charge in [-0.05, 0) is 49.9 Å². The number of hydrogen-bond acceptors (Lipinski definition) is 6. The van der Waals surface area contributed by atoms with E-state index in [0.717, 1.165) is 61.9 Å². The van der Waals surface area contributed by atoms with Gasteiger partial charge in [0, 0.05) is 13.2 Å². The van der Waals surface area contributed by atoms with Crippen LogP contribution in [-0.4, -0.2) is 52.9 Å². The Labute approximate surface area is 179 Å². The zero-order valence-electron chi connectivity index (χ0n) is 17.6. The minimum atomic E-state index is 0.452. The van der Waals surface area contributed by atoms with Gasteiger partial charge in [-0.1, -0.05) is 24.3 Å². The summed E-state index contributed by atoms with van der Waals surface area (Å²) in [5.41, 5.74) is 0. The molecule has 6 nitrogen and oxygen atoms in total. The number of benzene rings is 2. The van der Waals surface area contributed by atoms with E-state index < -0.39 is 0 Å². The second kappa shape index (κ2) is 13.7. The highest BCUT2D eigenvalue weighted by atomic mass is 16.6. The first-order chi connectivity index (χ1) is 14.9. The molecule has 0 unspecified atom stereocenters. The van der Waals surface area contributed by atoms with Gasteiger partial charge >= 0.3 is 0 Å². The molecule has 1 heterocycles. The molecule has 164 valence electrons. The molecule has 0 fully saturated rings. The van der Waals surface area contributed by atoms with E-state index in [-0.39, 0.29) is 0 Å². The van der Waals surface area contributed by atoms with Crippen LogP contribution in [0.15, 0.2) is 48.5 Å². The monoisotopic (exact) mass is 416 g/mol. The molecule has 0 N–H and O–H groups in total. The Morgan fingerprint density at radius 1 is 0.367 bits per heavy atom. The fourth-order valence-electron chi connectivity index (χ4n) is 2.98. The summed E-state index contributed by atoms with van der Waals surface area (Å²) < 4.78 is 34.7. The van der Waals surface area contributed by atoms with Crippen molar-refractivity contribution in [3.63, 3.8) is 0 Å². The predicted octanol–water partition coefficient (Wildman–Crippen LogP) is 4.51. The zero-order chi connectivity index (χ0) is 20.7. The van der Waals surface area contributed by atoms with Gasteiger partial charge in [-0.15, -0.1) is 0 Å². The summed E-state index contributed by atoms with van der Waals surface area (Å²) in [4.78, 5) is 0. The van der Waals surface area contributed by atoms with Crippen molar-refractivity contribution in [2.75, 3.05) is 52.9 Å². The number of hydrogen-bond donors (Lipinski definition) is 0. The Balaban J connectivity index is 1.50. The van der Waals surface area contributed by atoms with E-state index in [9.17, 15) is 0 Å². The highest BCUT2D eigenvalue weighted by Gasteiger charge is 2.06. The van der Waals surface area contributed by atoms with E-state index in [1.165, 1.54) is 0 Å². The van der Waals surface area contributed by atoms with Crippen LogP contribution in [0.3, 0.4) is 0 Å². The van der Waals surface area contributed by atoms with Gasteiger partial charge in [-0.3, -0.25) is 0 Å². The molecule has 0 amide bonds. The van der Waals surface area contributed by atoms with Gasteiger partial charge in [0.25, 0.3) is 0 Å². The van der Waals surface area contributed by atoms with E-state index in [4.69, 9.17) is 28.4 Å². The standard InChI is InChI=1S/C24H32O6/c1-3-11-23-21(9-1)27-15-7-5-13-25-14-6-8-16-28-22-10-2-4-12-24(22)30-20-18-26-17-19-29-23/h1-4,9-12H,5-8,13-20H2. The molecule has 1 aliphatic heterocycles. The Hall–Kier alpha value is -2.44. The topological polar surface area (TPSA) is 55.4 Å². The van der Waals surface area contributed by atoms with Gasteiger partial charge in [0.1, 0.15) is 13.2 Å². The molecular formula is C24H32O6. The van der Waals surface area contributed by atoms with Crippen LogP contribution in [0, 0.1) is 0 Å². The molecule has 6 heteroatoms. The Morgan fingerprint density at radius 3 is 1.13 bits per heavy atom. The van der Waals surface area contributed by atoms with Crippen molar-refractivity contribution in [1.29, 1.82) is 0 Å². The van der Waals surface area contributed by atoms with Crippen LogP contribution in [0.25, 0.3) is 0 Å². The lowest BCUT2D eigenvalue weighted by atomic mass is 10.3. The van der Waals surface area contributed by atoms with Gasteiger partial charge < -0.3 is 28.4 Å². The summed E-state index contributed by atoms with van der Waals surface area (Å²) in [6.07, 6.45) is 3.82. The molecule has 0 bridgehead atoms. The number of para-hydroxylation sites is 4. The summed E-state index contributed by atoms with van der Waals surface area (Å²) >= 11 is 0. The van der Waals surface area contributed by atoms with E-state index >= 15 is 0 Å². The Kier molecular flexibility index (Phi) is 10.2. The minimum absolute atomic E-state index is 0.452. The molecule has 1 aliphatic rings. The summed E-state index contributed by atoms with van der Waals surface area (Å²) in [5.74, 6) is 3.00. The van der Waals surface area contributed by atoms with Crippen LogP contribution in [0.4, 0.5) is 0 Å². The smallest absolute Gasteiger partial charge is 0.161 e. The van der Waals surface area contributed by atoms with Crippen molar-refractivity contribution >= 4 is 0 Å². The molecule has 0 aromatic heterocycles. The quantitative estimate of drug-likeness (QED) is 0.630. The Morgan fingerprint density at radius 2 is 0.700 bits per heavy atom. The fraction of sp³-hybridized carbons (Fsp3) is 0.500. The van der Waals surface area contributed by atoms with E-state index in [1.807, 2.05) is 48.5 Å². The lowest BCUT2D eigenvalue weighted by Crippen LogP contribution is -2.13. The van der Waals surface area contributed by atoms with Crippen LogP contribution >= 0.6 is 0 Å².